The zero-order valence-electron chi connectivity index (χ0n) is 11.8. The Balaban J connectivity index is 1.67. The highest BCUT2D eigenvalue weighted by molar-refractivity contribution is 5.83. The van der Waals surface area contributed by atoms with Gasteiger partial charge in [0.05, 0.1) is 0 Å². The zero-order valence-corrected chi connectivity index (χ0v) is 11.8. The summed E-state index contributed by atoms with van der Waals surface area (Å²) >= 11 is 0. The van der Waals surface area contributed by atoms with E-state index in [1.807, 2.05) is 10.8 Å². The first kappa shape index (κ1) is 13.2. The Labute approximate surface area is 118 Å². The van der Waals surface area contributed by atoms with E-state index in [1.54, 1.807) is 0 Å². The molecule has 0 radical (unpaired) electrons. The predicted molar refractivity (Wildman–Crippen MR) is 78.7 cm³/mol. The van der Waals surface area contributed by atoms with Gasteiger partial charge in [-0.3, -0.25) is 4.79 Å². The molecule has 2 aromatic rings. The largest absolute Gasteiger partial charge is 0.381 e. The van der Waals surface area contributed by atoms with Crippen LogP contribution in [0.2, 0.25) is 0 Å². The fourth-order valence-corrected chi connectivity index (χ4v) is 2.73. The maximum absolute atomic E-state index is 12.1. The Hall–Kier alpha value is -1.81. The summed E-state index contributed by atoms with van der Waals surface area (Å²) in [5, 5.41) is 4.28. The van der Waals surface area contributed by atoms with Gasteiger partial charge in [0.25, 0.3) is 0 Å². The Morgan fingerprint density at radius 1 is 1.35 bits per heavy atom. The molecule has 1 aliphatic heterocycles. The smallest absolute Gasteiger partial charge is 0.240 e. The van der Waals surface area contributed by atoms with Gasteiger partial charge in [-0.15, -0.1) is 0 Å². The molecule has 1 aliphatic rings. The molecule has 4 heteroatoms. The fourth-order valence-electron chi connectivity index (χ4n) is 2.73. The normalized spacial score (nSPS) is 16.4. The van der Waals surface area contributed by atoms with E-state index in [2.05, 4.69) is 36.5 Å². The van der Waals surface area contributed by atoms with Crippen molar-refractivity contribution in [3.8, 4) is 0 Å². The lowest BCUT2D eigenvalue weighted by molar-refractivity contribution is -0.122. The third-order valence-electron chi connectivity index (χ3n) is 3.83. The average molecular weight is 272 g/mol. The second-order valence-electron chi connectivity index (χ2n) is 5.46. The van der Waals surface area contributed by atoms with Gasteiger partial charge in [-0.1, -0.05) is 11.6 Å². The summed E-state index contributed by atoms with van der Waals surface area (Å²) in [5.74, 6) is 0.0787. The van der Waals surface area contributed by atoms with Crippen molar-refractivity contribution in [2.75, 3.05) is 13.2 Å². The highest BCUT2D eigenvalue weighted by atomic mass is 16.5. The summed E-state index contributed by atoms with van der Waals surface area (Å²) < 4.78 is 7.30. The monoisotopic (exact) mass is 272 g/mol. The van der Waals surface area contributed by atoms with Crippen LogP contribution in [-0.4, -0.2) is 29.7 Å². The van der Waals surface area contributed by atoms with Crippen molar-refractivity contribution >= 4 is 16.8 Å². The Bertz CT molecular complexity index is 612. The maximum Gasteiger partial charge on any atom is 0.240 e. The van der Waals surface area contributed by atoms with Crippen LogP contribution >= 0.6 is 0 Å². The summed E-state index contributed by atoms with van der Waals surface area (Å²) in [6, 6.07) is 8.62. The number of benzene rings is 1. The lowest BCUT2D eigenvalue weighted by atomic mass is 10.1. The van der Waals surface area contributed by atoms with Gasteiger partial charge in [0.2, 0.25) is 5.91 Å². The van der Waals surface area contributed by atoms with Crippen LogP contribution in [0.4, 0.5) is 0 Å². The quantitative estimate of drug-likeness (QED) is 0.931. The predicted octanol–water partition coefficient (Wildman–Crippen LogP) is 2.24. The number of fused-ring (bicyclic) bond motifs is 1. The topological polar surface area (TPSA) is 43.3 Å². The van der Waals surface area contributed by atoms with Gasteiger partial charge < -0.3 is 14.6 Å². The van der Waals surface area contributed by atoms with Crippen molar-refractivity contribution in [2.45, 2.75) is 32.4 Å². The number of aromatic nitrogens is 1. The molecule has 1 amide bonds. The first-order valence-corrected chi connectivity index (χ1v) is 7.15. The molecule has 1 fully saturated rings. The molecule has 0 bridgehead atoms. The molecule has 0 saturated carbocycles. The van der Waals surface area contributed by atoms with Crippen LogP contribution in [0.15, 0.2) is 30.5 Å². The summed E-state index contributed by atoms with van der Waals surface area (Å²) in [4.78, 5) is 12.1. The lowest BCUT2D eigenvalue weighted by Crippen LogP contribution is -2.40. The number of ether oxygens (including phenoxy) is 1. The van der Waals surface area contributed by atoms with E-state index in [1.165, 1.54) is 10.9 Å². The number of rotatable bonds is 3. The van der Waals surface area contributed by atoms with Crippen LogP contribution in [0.3, 0.4) is 0 Å². The lowest BCUT2D eigenvalue weighted by Gasteiger charge is -2.23. The van der Waals surface area contributed by atoms with Gasteiger partial charge >= 0.3 is 0 Å². The van der Waals surface area contributed by atoms with Gasteiger partial charge in [0.15, 0.2) is 0 Å². The molecule has 20 heavy (non-hydrogen) atoms. The van der Waals surface area contributed by atoms with Crippen molar-refractivity contribution in [3.05, 3.63) is 36.0 Å². The molecule has 1 N–H and O–H groups in total. The molecule has 4 nitrogen and oxygen atoms in total. The molecule has 3 rings (SSSR count). The van der Waals surface area contributed by atoms with Crippen LogP contribution in [0, 0.1) is 6.92 Å². The minimum absolute atomic E-state index is 0.0787. The third-order valence-corrected chi connectivity index (χ3v) is 3.83. The SMILES string of the molecule is Cc1ccc2c(ccn2CC(=O)NC2CCOCC2)c1. The van der Waals surface area contributed by atoms with Gasteiger partial charge in [0, 0.05) is 31.0 Å². The fraction of sp³-hybridized carbons (Fsp3) is 0.438. The van der Waals surface area contributed by atoms with E-state index < -0.39 is 0 Å². The Morgan fingerprint density at radius 3 is 2.95 bits per heavy atom. The number of carbonyl (C=O) groups is 1. The van der Waals surface area contributed by atoms with E-state index in [0.29, 0.717) is 6.54 Å². The van der Waals surface area contributed by atoms with E-state index in [9.17, 15) is 4.79 Å². The van der Waals surface area contributed by atoms with Crippen molar-refractivity contribution in [1.82, 2.24) is 9.88 Å². The highest BCUT2D eigenvalue weighted by Crippen LogP contribution is 2.17. The summed E-state index contributed by atoms with van der Waals surface area (Å²) in [5.41, 5.74) is 2.35. The highest BCUT2D eigenvalue weighted by Gasteiger charge is 2.16. The van der Waals surface area contributed by atoms with E-state index in [0.717, 1.165) is 31.6 Å². The first-order chi connectivity index (χ1) is 9.72. The van der Waals surface area contributed by atoms with Crippen molar-refractivity contribution in [1.29, 1.82) is 0 Å². The summed E-state index contributed by atoms with van der Waals surface area (Å²) in [6.45, 7) is 3.95. The number of nitrogens with zero attached hydrogens (tertiary/aromatic N) is 1. The van der Waals surface area contributed by atoms with Gasteiger partial charge in [-0.2, -0.15) is 0 Å². The maximum atomic E-state index is 12.1. The molecule has 0 atom stereocenters. The van der Waals surface area contributed by atoms with Crippen LogP contribution in [-0.2, 0) is 16.1 Å². The van der Waals surface area contributed by atoms with Crippen LogP contribution in [0.25, 0.3) is 10.9 Å². The number of amides is 1. The van der Waals surface area contributed by atoms with Gasteiger partial charge in [-0.05, 0) is 43.4 Å². The zero-order chi connectivity index (χ0) is 13.9. The average Bonchev–Trinajstić information content (AvgIpc) is 2.82. The van der Waals surface area contributed by atoms with Crippen molar-refractivity contribution in [2.24, 2.45) is 0 Å². The third kappa shape index (κ3) is 2.85. The molecule has 0 unspecified atom stereocenters. The summed E-state index contributed by atoms with van der Waals surface area (Å²) in [7, 11) is 0. The number of aryl methyl sites for hydroxylation is 1. The van der Waals surface area contributed by atoms with Crippen molar-refractivity contribution in [3.63, 3.8) is 0 Å². The molecule has 1 aromatic heterocycles. The minimum atomic E-state index is 0.0787. The number of hydrogen-bond donors (Lipinski definition) is 1. The molecule has 2 heterocycles. The molecule has 0 aliphatic carbocycles. The number of nitrogens with one attached hydrogen (secondary N) is 1. The second-order valence-corrected chi connectivity index (χ2v) is 5.46. The Morgan fingerprint density at radius 2 is 2.15 bits per heavy atom. The molecule has 1 aromatic carbocycles. The van der Waals surface area contributed by atoms with Crippen LogP contribution < -0.4 is 5.32 Å². The summed E-state index contributed by atoms with van der Waals surface area (Å²) in [6.07, 6.45) is 3.81. The van der Waals surface area contributed by atoms with Crippen LogP contribution in [0.5, 0.6) is 0 Å². The second kappa shape index (κ2) is 5.67. The molecule has 1 saturated heterocycles. The molecule has 0 spiro atoms. The number of carbonyl (C=O) groups excluding carboxylic acids is 1. The van der Waals surface area contributed by atoms with E-state index in [-0.39, 0.29) is 11.9 Å². The minimum Gasteiger partial charge on any atom is -0.381 e. The van der Waals surface area contributed by atoms with Gasteiger partial charge in [0.1, 0.15) is 6.54 Å². The van der Waals surface area contributed by atoms with Crippen LogP contribution in [0.1, 0.15) is 18.4 Å². The van der Waals surface area contributed by atoms with Gasteiger partial charge in [-0.25, -0.2) is 0 Å². The Kier molecular flexibility index (Phi) is 3.74. The molecule has 106 valence electrons. The molecular weight excluding hydrogens is 252 g/mol. The first-order valence-electron chi connectivity index (χ1n) is 7.15. The van der Waals surface area contributed by atoms with Crippen molar-refractivity contribution < 1.29 is 9.53 Å². The van der Waals surface area contributed by atoms with E-state index >= 15 is 0 Å². The molecular formula is C16H20N2O2. The van der Waals surface area contributed by atoms with E-state index in [4.69, 9.17) is 4.74 Å². The number of hydrogen-bond acceptors (Lipinski definition) is 2. The standard InChI is InChI=1S/C16H20N2O2/c1-12-2-3-15-13(10-12)4-7-18(15)11-16(19)17-14-5-8-20-9-6-14/h2-4,7,10,14H,5-6,8-9,11H2,1H3,(H,17,19).